The Morgan fingerprint density at radius 3 is 2.89 bits per heavy atom. The quantitative estimate of drug-likeness (QED) is 0.802. The summed E-state index contributed by atoms with van der Waals surface area (Å²) < 4.78 is 5.39. The monoisotopic (exact) mass is 272 g/mol. The van der Waals surface area contributed by atoms with Gasteiger partial charge in [0.1, 0.15) is 0 Å². The number of hydrogen-bond donors (Lipinski definition) is 2. The topological polar surface area (TPSA) is 50.4 Å². The van der Waals surface area contributed by atoms with Crippen molar-refractivity contribution in [2.45, 2.75) is 43.0 Å². The molecule has 2 fully saturated rings. The number of nitrogens with one attached hydrogen (secondary N) is 2. The number of ether oxygens (including phenoxy) is 1. The largest absolute Gasteiger partial charge is 0.379 e. The summed E-state index contributed by atoms with van der Waals surface area (Å²) >= 11 is 1.93. The normalized spacial score (nSPS) is 36.6. The molecular formula is C13H24N2O2S. The Morgan fingerprint density at radius 2 is 2.17 bits per heavy atom. The van der Waals surface area contributed by atoms with E-state index in [1.54, 1.807) is 0 Å². The highest BCUT2D eigenvalue weighted by Gasteiger charge is 2.34. The summed E-state index contributed by atoms with van der Waals surface area (Å²) in [6.07, 6.45) is 6.92. The standard InChI is InChI=1S/C13H24N2O2S/c1-14-12-8-17-7-11(12)13(16)15-9-4-3-5-10(6-9)18-2/h9-12,14H,3-8H2,1-2H3,(H,15,16). The Balaban J connectivity index is 1.83. The summed E-state index contributed by atoms with van der Waals surface area (Å²) in [7, 11) is 1.89. The number of carbonyl (C=O) groups is 1. The van der Waals surface area contributed by atoms with Gasteiger partial charge in [-0.15, -0.1) is 0 Å². The molecule has 0 bridgehead atoms. The Bertz CT molecular complexity index is 288. The molecule has 1 heterocycles. The van der Waals surface area contributed by atoms with Crippen molar-refractivity contribution in [1.82, 2.24) is 10.6 Å². The molecule has 1 saturated carbocycles. The van der Waals surface area contributed by atoms with Crippen molar-refractivity contribution in [2.75, 3.05) is 26.5 Å². The summed E-state index contributed by atoms with van der Waals surface area (Å²) in [6.45, 7) is 1.20. The maximum Gasteiger partial charge on any atom is 0.227 e. The van der Waals surface area contributed by atoms with Gasteiger partial charge in [0.25, 0.3) is 0 Å². The van der Waals surface area contributed by atoms with Gasteiger partial charge in [-0.3, -0.25) is 4.79 Å². The molecule has 0 aromatic rings. The molecule has 1 amide bonds. The van der Waals surface area contributed by atoms with E-state index in [1.165, 1.54) is 12.8 Å². The Kier molecular flexibility index (Phi) is 5.33. The van der Waals surface area contributed by atoms with E-state index in [-0.39, 0.29) is 17.9 Å². The average Bonchev–Trinajstić information content (AvgIpc) is 2.87. The molecule has 2 rings (SSSR count). The summed E-state index contributed by atoms with van der Waals surface area (Å²) in [5.74, 6) is 0.142. The predicted octanol–water partition coefficient (Wildman–Crippen LogP) is 1.01. The minimum atomic E-state index is -0.0235. The van der Waals surface area contributed by atoms with Crippen LogP contribution in [0.15, 0.2) is 0 Å². The molecule has 2 aliphatic rings. The highest BCUT2D eigenvalue weighted by Crippen LogP contribution is 2.27. The van der Waals surface area contributed by atoms with Crippen LogP contribution >= 0.6 is 11.8 Å². The lowest BCUT2D eigenvalue weighted by atomic mass is 9.93. The zero-order valence-electron chi connectivity index (χ0n) is 11.3. The Hall–Kier alpha value is -0.260. The van der Waals surface area contributed by atoms with Gasteiger partial charge in [-0.05, 0) is 32.6 Å². The van der Waals surface area contributed by atoms with E-state index < -0.39 is 0 Å². The van der Waals surface area contributed by atoms with Gasteiger partial charge in [0.2, 0.25) is 5.91 Å². The molecule has 104 valence electrons. The molecule has 4 atom stereocenters. The van der Waals surface area contributed by atoms with Crippen molar-refractivity contribution >= 4 is 17.7 Å². The van der Waals surface area contributed by atoms with Gasteiger partial charge in [0.05, 0.1) is 19.1 Å². The number of hydrogen-bond acceptors (Lipinski definition) is 4. The van der Waals surface area contributed by atoms with E-state index in [1.807, 2.05) is 18.8 Å². The highest BCUT2D eigenvalue weighted by molar-refractivity contribution is 7.99. The van der Waals surface area contributed by atoms with Crippen molar-refractivity contribution in [3.05, 3.63) is 0 Å². The fourth-order valence-corrected chi connectivity index (χ4v) is 3.72. The van der Waals surface area contributed by atoms with Crippen LogP contribution in [-0.4, -0.2) is 49.8 Å². The van der Waals surface area contributed by atoms with Gasteiger partial charge in [0.15, 0.2) is 0 Å². The van der Waals surface area contributed by atoms with Gasteiger partial charge in [-0.2, -0.15) is 11.8 Å². The molecule has 18 heavy (non-hydrogen) atoms. The zero-order valence-corrected chi connectivity index (χ0v) is 12.1. The predicted molar refractivity (Wildman–Crippen MR) is 74.9 cm³/mol. The fourth-order valence-electron chi connectivity index (χ4n) is 2.90. The van der Waals surface area contributed by atoms with Gasteiger partial charge in [-0.1, -0.05) is 6.42 Å². The van der Waals surface area contributed by atoms with Crippen molar-refractivity contribution in [1.29, 1.82) is 0 Å². The number of thioether (sulfide) groups is 1. The third kappa shape index (κ3) is 3.39. The highest BCUT2D eigenvalue weighted by atomic mass is 32.2. The molecule has 0 spiro atoms. The molecule has 4 unspecified atom stereocenters. The molecule has 5 heteroatoms. The minimum Gasteiger partial charge on any atom is -0.379 e. The molecule has 0 radical (unpaired) electrons. The van der Waals surface area contributed by atoms with E-state index in [2.05, 4.69) is 16.9 Å². The van der Waals surface area contributed by atoms with Gasteiger partial charge in [-0.25, -0.2) is 0 Å². The summed E-state index contributed by atoms with van der Waals surface area (Å²) in [4.78, 5) is 12.2. The van der Waals surface area contributed by atoms with Crippen molar-refractivity contribution in [3.8, 4) is 0 Å². The molecule has 1 aliphatic carbocycles. The van der Waals surface area contributed by atoms with Crippen molar-refractivity contribution in [2.24, 2.45) is 5.92 Å². The van der Waals surface area contributed by atoms with Crippen LogP contribution in [0.25, 0.3) is 0 Å². The van der Waals surface area contributed by atoms with E-state index in [0.29, 0.717) is 24.5 Å². The second-order valence-corrected chi connectivity index (χ2v) is 6.41. The van der Waals surface area contributed by atoms with Crippen LogP contribution in [0.4, 0.5) is 0 Å². The first kappa shape index (κ1) is 14.2. The number of carbonyl (C=O) groups excluding carboxylic acids is 1. The maximum absolute atomic E-state index is 12.2. The maximum atomic E-state index is 12.2. The lowest BCUT2D eigenvalue weighted by molar-refractivity contribution is -0.126. The third-order valence-corrected chi connectivity index (χ3v) is 5.19. The molecular weight excluding hydrogens is 248 g/mol. The minimum absolute atomic E-state index is 0.0235. The van der Waals surface area contributed by atoms with Crippen LogP contribution in [0.1, 0.15) is 25.7 Å². The SMILES string of the molecule is CNC1COCC1C(=O)NC1CCCC(SC)C1. The van der Waals surface area contributed by atoms with E-state index in [0.717, 1.165) is 12.8 Å². The van der Waals surface area contributed by atoms with Gasteiger partial charge in [0, 0.05) is 17.3 Å². The number of likely N-dealkylation sites (N-methyl/N-ethyl adjacent to an activating group) is 1. The smallest absolute Gasteiger partial charge is 0.227 e. The first-order valence-corrected chi connectivity index (χ1v) is 8.11. The summed E-state index contributed by atoms with van der Waals surface area (Å²) in [5, 5.41) is 7.09. The van der Waals surface area contributed by atoms with Crippen LogP contribution in [0.3, 0.4) is 0 Å². The number of amides is 1. The fraction of sp³-hybridized carbons (Fsp3) is 0.923. The third-order valence-electron chi connectivity index (χ3n) is 4.09. The Morgan fingerprint density at radius 1 is 1.33 bits per heavy atom. The van der Waals surface area contributed by atoms with Gasteiger partial charge < -0.3 is 15.4 Å². The Labute approximate surface area is 114 Å². The van der Waals surface area contributed by atoms with Gasteiger partial charge >= 0.3 is 0 Å². The summed E-state index contributed by atoms with van der Waals surface area (Å²) in [5.41, 5.74) is 0. The first-order valence-electron chi connectivity index (χ1n) is 6.82. The van der Waals surface area contributed by atoms with Crippen LogP contribution in [0.5, 0.6) is 0 Å². The molecule has 4 nitrogen and oxygen atoms in total. The second kappa shape index (κ2) is 6.78. The van der Waals surface area contributed by atoms with Crippen molar-refractivity contribution < 1.29 is 9.53 Å². The van der Waals surface area contributed by atoms with Crippen molar-refractivity contribution in [3.63, 3.8) is 0 Å². The zero-order chi connectivity index (χ0) is 13.0. The van der Waals surface area contributed by atoms with E-state index in [4.69, 9.17) is 4.74 Å². The lowest BCUT2D eigenvalue weighted by Gasteiger charge is -2.30. The van der Waals surface area contributed by atoms with Crippen LogP contribution in [0.2, 0.25) is 0 Å². The van der Waals surface area contributed by atoms with Crippen LogP contribution in [-0.2, 0) is 9.53 Å². The second-order valence-electron chi connectivity index (χ2n) is 5.27. The summed E-state index contributed by atoms with van der Waals surface area (Å²) in [6, 6.07) is 0.534. The van der Waals surface area contributed by atoms with Crippen LogP contribution in [0, 0.1) is 5.92 Å². The molecule has 0 aromatic heterocycles. The molecule has 1 saturated heterocycles. The lowest BCUT2D eigenvalue weighted by Crippen LogP contribution is -2.47. The number of rotatable bonds is 4. The molecule has 1 aliphatic heterocycles. The molecule has 2 N–H and O–H groups in total. The first-order chi connectivity index (χ1) is 8.74. The van der Waals surface area contributed by atoms with E-state index >= 15 is 0 Å². The van der Waals surface area contributed by atoms with E-state index in [9.17, 15) is 4.79 Å². The average molecular weight is 272 g/mol. The molecule has 0 aromatic carbocycles. The van der Waals surface area contributed by atoms with Crippen LogP contribution < -0.4 is 10.6 Å².